The summed E-state index contributed by atoms with van der Waals surface area (Å²) in [6, 6.07) is 18.4. The highest BCUT2D eigenvalue weighted by molar-refractivity contribution is 7.87. The van der Waals surface area contributed by atoms with Crippen LogP contribution in [0.3, 0.4) is 0 Å². The van der Waals surface area contributed by atoms with Crippen LogP contribution in [0.1, 0.15) is 0 Å². The zero-order valence-electron chi connectivity index (χ0n) is 15.6. The Balaban J connectivity index is 1.88. The number of benzene rings is 4. The molecule has 0 aliphatic carbocycles. The van der Waals surface area contributed by atoms with Crippen LogP contribution in [0.15, 0.2) is 92.8 Å². The van der Waals surface area contributed by atoms with Crippen LogP contribution >= 0.6 is 0 Å². The molecule has 4 rings (SSSR count). The van der Waals surface area contributed by atoms with Gasteiger partial charge >= 0.3 is 10.1 Å². The van der Waals surface area contributed by atoms with Crippen LogP contribution < -0.4 is 0 Å². The number of hydrogen-bond donors (Lipinski definition) is 2. The molecule has 0 radical (unpaired) electrons. The second kappa shape index (κ2) is 7.80. The van der Waals surface area contributed by atoms with Crippen molar-refractivity contribution in [2.24, 2.45) is 10.2 Å². The molecule has 2 N–H and O–H groups in total. The highest BCUT2D eigenvalue weighted by Crippen LogP contribution is 2.34. The van der Waals surface area contributed by atoms with Crippen LogP contribution in [-0.2, 0) is 24.6 Å². The first-order chi connectivity index (χ1) is 14.7. The van der Waals surface area contributed by atoms with Crippen molar-refractivity contribution in [3.63, 3.8) is 0 Å². The third-order valence-corrected chi connectivity index (χ3v) is 6.57. The van der Waals surface area contributed by atoms with E-state index in [1.807, 2.05) is 0 Å². The number of fused-ring (bicyclic) bond motifs is 2. The molecule has 4 aromatic rings. The molecule has 0 fully saturated rings. The SMILES string of the molecule is O=S(=O)(O)c1ccc(N=Nc2cc(S(=O)(=O)OO)c3ccccc3c2)c2ccccc12. The van der Waals surface area contributed by atoms with Crippen LogP contribution in [-0.4, -0.2) is 26.6 Å². The summed E-state index contributed by atoms with van der Waals surface area (Å²) in [6.07, 6.45) is 0. The van der Waals surface area contributed by atoms with E-state index in [4.69, 9.17) is 5.26 Å². The standard InChI is InChI=1S/C20H14N2O7S2/c23-29-31(27,28)20-12-14(11-13-5-1-2-6-15(13)20)21-22-18-9-10-19(30(24,25)26)17-8-4-3-7-16(17)18/h1-12,23H,(H,24,25,26). The Labute approximate surface area is 177 Å². The van der Waals surface area contributed by atoms with Gasteiger partial charge in [0.05, 0.1) is 11.4 Å². The molecule has 0 heterocycles. The Hall–Kier alpha value is -3.22. The van der Waals surface area contributed by atoms with E-state index >= 15 is 0 Å². The molecule has 0 saturated heterocycles. The van der Waals surface area contributed by atoms with Crippen LogP contribution in [0.5, 0.6) is 0 Å². The number of nitrogens with zero attached hydrogens (tertiary/aromatic N) is 2. The van der Waals surface area contributed by atoms with E-state index < -0.39 is 20.2 Å². The predicted molar refractivity (Wildman–Crippen MR) is 113 cm³/mol. The number of rotatable bonds is 5. The van der Waals surface area contributed by atoms with Crippen molar-refractivity contribution in [3.05, 3.63) is 72.8 Å². The third kappa shape index (κ3) is 4.04. The molecule has 0 aliphatic rings. The minimum atomic E-state index is -4.44. The Kier molecular flexibility index (Phi) is 5.29. The maximum absolute atomic E-state index is 12.1. The molecule has 31 heavy (non-hydrogen) atoms. The molecule has 0 aliphatic heterocycles. The molecule has 0 atom stereocenters. The molecule has 0 unspecified atom stereocenters. The van der Waals surface area contributed by atoms with E-state index in [1.165, 1.54) is 24.3 Å². The van der Waals surface area contributed by atoms with E-state index in [0.717, 1.165) is 0 Å². The van der Waals surface area contributed by atoms with Crippen molar-refractivity contribution < 1.29 is 31.0 Å². The van der Waals surface area contributed by atoms with Gasteiger partial charge in [0.1, 0.15) is 9.79 Å². The highest BCUT2D eigenvalue weighted by Gasteiger charge is 2.20. The summed E-state index contributed by atoms with van der Waals surface area (Å²) in [7, 11) is -8.87. The maximum Gasteiger partial charge on any atom is 0.323 e. The Morgan fingerprint density at radius 2 is 1.35 bits per heavy atom. The van der Waals surface area contributed by atoms with E-state index in [0.29, 0.717) is 21.8 Å². The van der Waals surface area contributed by atoms with Gasteiger partial charge in [0, 0.05) is 16.2 Å². The number of hydrogen-bond acceptors (Lipinski definition) is 8. The van der Waals surface area contributed by atoms with Gasteiger partial charge in [-0.1, -0.05) is 48.5 Å². The fraction of sp³-hybridized carbons (Fsp3) is 0. The van der Waals surface area contributed by atoms with Crippen LogP contribution in [0.4, 0.5) is 11.4 Å². The molecule has 0 amide bonds. The third-order valence-electron chi connectivity index (χ3n) is 4.59. The summed E-state index contributed by atoms with van der Waals surface area (Å²) in [4.78, 5) is -0.546. The molecule has 0 spiro atoms. The van der Waals surface area contributed by atoms with Gasteiger partial charge in [0.2, 0.25) is 0 Å². The Bertz CT molecular complexity index is 1560. The second-order valence-electron chi connectivity index (χ2n) is 6.50. The van der Waals surface area contributed by atoms with Gasteiger partial charge in [0.25, 0.3) is 10.1 Å². The average Bonchev–Trinajstić information content (AvgIpc) is 2.76. The molecule has 4 aromatic carbocycles. The zero-order valence-corrected chi connectivity index (χ0v) is 17.2. The van der Waals surface area contributed by atoms with Crippen LogP contribution in [0, 0.1) is 0 Å². The summed E-state index contributed by atoms with van der Waals surface area (Å²) in [5.74, 6) is 0. The normalized spacial score (nSPS) is 12.7. The fourth-order valence-electron chi connectivity index (χ4n) is 3.24. The van der Waals surface area contributed by atoms with Crippen molar-refractivity contribution >= 4 is 53.2 Å². The quantitative estimate of drug-likeness (QED) is 0.189. The molecular formula is C20H14N2O7S2. The number of azo groups is 1. The Morgan fingerprint density at radius 1 is 0.710 bits per heavy atom. The molecule has 0 saturated carbocycles. The van der Waals surface area contributed by atoms with Crippen molar-refractivity contribution in [2.45, 2.75) is 9.79 Å². The predicted octanol–water partition coefficient (Wildman–Crippen LogP) is 4.83. The largest absolute Gasteiger partial charge is 0.323 e. The van der Waals surface area contributed by atoms with Gasteiger partial charge in [-0.25, -0.2) is 5.26 Å². The highest BCUT2D eigenvalue weighted by atomic mass is 32.2. The lowest BCUT2D eigenvalue weighted by Gasteiger charge is -2.07. The first-order valence-electron chi connectivity index (χ1n) is 8.72. The summed E-state index contributed by atoms with van der Waals surface area (Å²) in [5.41, 5.74) is 0.469. The summed E-state index contributed by atoms with van der Waals surface area (Å²) >= 11 is 0. The molecular weight excluding hydrogens is 444 g/mol. The van der Waals surface area contributed by atoms with Gasteiger partial charge in [-0.2, -0.15) is 21.9 Å². The lowest BCUT2D eigenvalue weighted by Crippen LogP contribution is -2.03. The molecule has 9 nitrogen and oxygen atoms in total. The summed E-state index contributed by atoms with van der Waals surface area (Å²) in [6.45, 7) is 0. The smallest absolute Gasteiger partial charge is 0.282 e. The average molecular weight is 458 g/mol. The minimum absolute atomic E-state index is 0.164. The van der Waals surface area contributed by atoms with Crippen molar-refractivity contribution in [3.8, 4) is 0 Å². The minimum Gasteiger partial charge on any atom is -0.282 e. The van der Waals surface area contributed by atoms with Crippen molar-refractivity contribution in [1.29, 1.82) is 0 Å². The van der Waals surface area contributed by atoms with Gasteiger partial charge in [0.15, 0.2) is 0 Å². The van der Waals surface area contributed by atoms with E-state index in [1.54, 1.807) is 48.5 Å². The fourth-order valence-corrected chi connectivity index (χ4v) is 4.74. The summed E-state index contributed by atoms with van der Waals surface area (Å²) in [5, 5.41) is 18.6. The Morgan fingerprint density at radius 3 is 2.03 bits per heavy atom. The van der Waals surface area contributed by atoms with E-state index in [-0.39, 0.29) is 20.9 Å². The van der Waals surface area contributed by atoms with E-state index in [9.17, 15) is 21.4 Å². The van der Waals surface area contributed by atoms with E-state index in [2.05, 4.69) is 14.6 Å². The van der Waals surface area contributed by atoms with Gasteiger partial charge < -0.3 is 0 Å². The van der Waals surface area contributed by atoms with Gasteiger partial charge in [-0.05, 0) is 29.7 Å². The molecule has 0 aromatic heterocycles. The zero-order chi connectivity index (χ0) is 22.2. The molecule has 11 heteroatoms. The lowest BCUT2D eigenvalue weighted by atomic mass is 10.1. The summed E-state index contributed by atoms with van der Waals surface area (Å²) < 4.78 is 60.6. The van der Waals surface area contributed by atoms with Gasteiger partial charge in [-0.15, -0.1) is 9.45 Å². The molecule has 0 bridgehead atoms. The lowest BCUT2D eigenvalue weighted by molar-refractivity contribution is -0.130. The first-order valence-corrected chi connectivity index (χ1v) is 11.6. The first kappa shape index (κ1) is 21.0. The van der Waals surface area contributed by atoms with Crippen molar-refractivity contribution in [2.75, 3.05) is 0 Å². The topological polar surface area (TPSA) is 143 Å². The van der Waals surface area contributed by atoms with Crippen LogP contribution in [0.25, 0.3) is 21.5 Å². The van der Waals surface area contributed by atoms with Gasteiger partial charge in [-0.3, -0.25) is 4.55 Å². The molecule has 158 valence electrons. The van der Waals surface area contributed by atoms with Crippen LogP contribution in [0.2, 0.25) is 0 Å². The maximum atomic E-state index is 12.1. The monoisotopic (exact) mass is 458 g/mol. The van der Waals surface area contributed by atoms with Crippen molar-refractivity contribution in [1.82, 2.24) is 0 Å². The second-order valence-corrected chi connectivity index (χ2v) is 9.38.